The fraction of sp³-hybridized carbons (Fsp3) is 0.562. The summed E-state index contributed by atoms with van der Waals surface area (Å²) in [5, 5.41) is 8.68. The molecule has 2 aliphatic heterocycles. The summed E-state index contributed by atoms with van der Waals surface area (Å²) in [6.07, 6.45) is 6.13. The van der Waals surface area contributed by atoms with Gasteiger partial charge in [-0.2, -0.15) is 0 Å². The van der Waals surface area contributed by atoms with Gasteiger partial charge in [0.05, 0.1) is 0 Å². The van der Waals surface area contributed by atoms with Crippen molar-refractivity contribution in [3.63, 3.8) is 0 Å². The molecular weight excluding hydrogens is 317 g/mol. The molecule has 2 aliphatic rings. The zero-order chi connectivity index (χ0) is 15.8. The van der Waals surface area contributed by atoms with Crippen LogP contribution >= 0.6 is 11.6 Å². The molecule has 0 spiro atoms. The Kier molecular flexibility index (Phi) is 4.03. The summed E-state index contributed by atoms with van der Waals surface area (Å²) in [7, 11) is 0. The molecule has 5 nitrogen and oxygen atoms in total. The quantitative estimate of drug-likeness (QED) is 0.809. The maximum absolute atomic E-state index is 13.5. The number of hydrogen-bond donors (Lipinski definition) is 0. The predicted molar refractivity (Wildman–Crippen MR) is 84.8 cm³/mol. The third kappa shape index (κ3) is 2.97. The fourth-order valence-electron chi connectivity index (χ4n) is 3.69. The Balaban J connectivity index is 1.47. The third-order valence-corrected chi connectivity index (χ3v) is 5.05. The first-order chi connectivity index (χ1) is 11.2. The number of rotatable bonds is 3. The molecule has 0 unspecified atom stereocenters. The summed E-state index contributed by atoms with van der Waals surface area (Å²) in [6.45, 7) is 3.68. The van der Waals surface area contributed by atoms with Crippen LogP contribution in [0.1, 0.15) is 42.4 Å². The van der Waals surface area contributed by atoms with Crippen LogP contribution in [-0.4, -0.2) is 37.7 Å². The van der Waals surface area contributed by atoms with Gasteiger partial charge in [-0.05, 0) is 37.4 Å². The molecule has 0 amide bonds. The van der Waals surface area contributed by atoms with E-state index in [0.29, 0.717) is 12.5 Å². The summed E-state index contributed by atoms with van der Waals surface area (Å²) >= 11 is 5.65. The predicted octanol–water partition coefficient (Wildman–Crippen LogP) is 2.79. The molecule has 4 rings (SSSR count). The van der Waals surface area contributed by atoms with Crippen LogP contribution < -0.4 is 0 Å². The minimum absolute atomic E-state index is 0.0655. The van der Waals surface area contributed by atoms with Crippen molar-refractivity contribution in [1.29, 1.82) is 0 Å². The number of nitrogens with zero attached hydrogens (tertiary/aromatic N) is 5. The minimum Gasteiger partial charge on any atom is -0.315 e. The lowest BCUT2D eigenvalue weighted by atomic mass is 9.96. The highest BCUT2D eigenvalue weighted by Gasteiger charge is 2.28. The van der Waals surface area contributed by atoms with Crippen LogP contribution in [0, 0.1) is 5.82 Å². The van der Waals surface area contributed by atoms with Gasteiger partial charge in [0.2, 0.25) is 0 Å². The molecule has 2 aromatic heterocycles. The van der Waals surface area contributed by atoms with Crippen molar-refractivity contribution in [1.82, 2.24) is 24.6 Å². The highest BCUT2D eigenvalue weighted by atomic mass is 35.5. The SMILES string of the molecule is Fc1cc(CN2CCC[C@H](c3nnc4n3CCC4)C2)cnc1Cl. The molecule has 7 heteroatoms. The first-order valence-corrected chi connectivity index (χ1v) is 8.53. The molecule has 0 saturated carbocycles. The Morgan fingerprint density at radius 3 is 3.04 bits per heavy atom. The second-order valence-electron chi connectivity index (χ2n) is 6.42. The lowest BCUT2D eigenvalue weighted by Crippen LogP contribution is -2.35. The van der Waals surface area contributed by atoms with E-state index in [1.807, 2.05) is 0 Å². The van der Waals surface area contributed by atoms with Gasteiger partial charge in [0.1, 0.15) is 11.6 Å². The second kappa shape index (κ2) is 6.17. The highest BCUT2D eigenvalue weighted by Crippen LogP contribution is 2.29. The lowest BCUT2D eigenvalue weighted by molar-refractivity contribution is 0.194. The molecule has 0 N–H and O–H groups in total. The Hall–Kier alpha value is -1.53. The number of fused-ring (bicyclic) bond motifs is 1. The van der Waals surface area contributed by atoms with Crippen LogP contribution in [0.25, 0.3) is 0 Å². The monoisotopic (exact) mass is 335 g/mol. The van der Waals surface area contributed by atoms with E-state index in [9.17, 15) is 4.39 Å². The van der Waals surface area contributed by atoms with Crippen LogP contribution in [0.15, 0.2) is 12.3 Å². The molecule has 0 radical (unpaired) electrons. The summed E-state index contributed by atoms with van der Waals surface area (Å²) in [5.74, 6) is 2.21. The van der Waals surface area contributed by atoms with Crippen LogP contribution in [-0.2, 0) is 19.5 Å². The zero-order valence-electron chi connectivity index (χ0n) is 12.9. The van der Waals surface area contributed by atoms with E-state index in [4.69, 9.17) is 11.6 Å². The number of aromatic nitrogens is 4. The first kappa shape index (κ1) is 15.0. The van der Waals surface area contributed by atoms with E-state index >= 15 is 0 Å². The van der Waals surface area contributed by atoms with E-state index < -0.39 is 5.82 Å². The Labute approximate surface area is 139 Å². The van der Waals surface area contributed by atoms with Gasteiger partial charge in [-0.25, -0.2) is 9.37 Å². The van der Waals surface area contributed by atoms with Gasteiger partial charge in [-0.1, -0.05) is 11.6 Å². The molecule has 23 heavy (non-hydrogen) atoms. The average Bonchev–Trinajstić information content (AvgIpc) is 3.14. The Morgan fingerprint density at radius 1 is 1.26 bits per heavy atom. The van der Waals surface area contributed by atoms with Gasteiger partial charge >= 0.3 is 0 Å². The van der Waals surface area contributed by atoms with Crippen LogP contribution in [0.3, 0.4) is 0 Å². The third-order valence-electron chi connectivity index (χ3n) is 4.77. The molecule has 2 aromatic rings. The number of hydrogen-bond acceptors (Lipinski definition) is 4. The Bertz CT molecular complexity index is 716. The number of pyridine rings is 1. The van der Waals surface area contributed by atoms with E-state index in [0.717, 1.165) is 56.1 Å². The molecule has 0 aliphatic carbocycles. The van der Waals surface area contributed by atoms with Crippen molar-refractivity contribution in [2.45, 2.75) is 44.7 Å². The number of aryl methyl sites for hydroxylation is 1. The topological polar surface area (TPSA) is 46.8 Å². The molecule has 1 saturated heterocycles. The van der Waals surface area contributed by atoms with Gasteiger partial charge < -0.3 is 4.57 Å². The minimum atomic E-state index is -0.451. The summed E-state index contributed by atoms with van der Waals surface area (Å²) in [5.41, 5.74) is 0.860. The Morgan fingerprint density at radius 2 is 2.17 bits per heavy atom. The van der Waals surface area contributed by atoms with E-state index in [1.165, 1.54) is 12.5 Å². The van der Waals surface area contributed by atoms with Crippen molar-refractivity contribution in [2.75, 3.05) is 13.1 Å². The van der Waals surface area contributed by atoms with Gasteiger partial charge in [-0.15, -0.1) is 10.2 Å². The van der Waals surface area contributed by atoms with Crippen molar-refractivity contribution in [3.05, 3.63) is 40.4 Å². The number of likely N-dealkylation sites (tertiary alicyclic amines) is 1. The first-order valence-electron chi connectivity index (χ1n) is 8.15. The molecule has 0 aromatic carbocycles. The van der Waals surface area contributed by atoms with E-state index in [2.05, 4.69) is 24.6 Å². The van der Waals surface area contributed by atoms with E-state index in [1.54, 1.807) is 6.20 Å². The van der Waals surface area contributed by atoms with Crippen molar-refractivity contribution in [2.24, 2.45) is 0 Å². The van der Waals surface area contributed by atoms with Gasteiger partial charge in [0, 0.05) is 38.2 Å². The number of piperidine rings is 1. The summed E-state index contributed by atoms with van der Waals surface area (Å²) in [6, 6.07) is 1.48. The van der Waals surface area contributed by atoms with E-state index in [-0.39, 0.29) is 5.15 Å². The lowest BCUT2D eigenvalue weighted by Gasteiger charge is -2.32. The van der Waals surface area contributed by atoms with Crippen molar-refractivity contribution >= 4 is 11.6 Å². The molecule has 1 fully saturated rings. The molecular formula is C16H19ClFN5. The van der Waals surface area contributed by atoms with Crippen LogP contribution in [0.4, 0.5) is 4.39 Å². The van der Waals surface area contributed by atoms with Crippen molar-refractivity contribution in [3.8, 4) is 0 Å². The van der Waals surface area contributed by atoms with Gasteiger partial charge in [0.15, 0.2) is 11.0 Å². The molecule has 0 bridgehead atoms. The number of halogens is 2. The molecule has 4 heterocycles. The second-order valence-corrected chi connectivity index (χ2v) is 6.78. The molecule has 1 atom stereocenters. The smallest absolute Gasteiger partial charge is 0.164 e. The standard InChI is InChI=1S/C16H19ClFN5/c17-15-13(18)7-11(8-19-15)9-22-5-1-3-12(10-22)16-21-20-14-4-2-6-23(14)16/h7-8,12H,1-6,9-10H2/t12-/m0/s1. The summed E-state index contributed by atoms with van der Waals surface area (Å²) < 4.78 is 15.8. The van der Waals surface area contributed by atoms with Gasteiger partial charge in [-0.3, -0.25) is 4.90 Å². The molecule has 122 valence electrons. The van der Waals surface area contributed by atoms with Crippen LogP contribution in [0.5, 0.6) is 0 Å². The zero-order valence-corrected chi connectivity index (χ0v) is 13.6. The highest BCUT2D eigenvalue weighted by molar-refractivity contribution is 6.29. The normalized spacial score (nSPS) is 21.6. The maximum atomic E-state index is 13.5. The van der Waals surface area contributed by atoms with Crippen LogP contribution in [0.2, 0.25) is 5.15 Å². The van der Waals surface area contributed by atoms with Crippen molar-refractivity contribution < 1.29 is 4.39 Å². The maximum Gasteiger partial charge on any atom is 0.164 e. The summed E-state index contributed by atoms with van der Waals surface area (Å²) in [4.78, 5) is 6.24. The average molecular weight is 336 g/mol. The largest absolute Gasteiger partial charge is 0.315 e. The fourth-order valence-corrected chi connectivity index (χ4v) is 3.79. The van der Waals surface area contributed by atoms with Gasteiger partial charge in [0.25, 0.3) is 0 Å².